The van der Waals surface area contributed by atoms with Crippen molar-refractivity contribution in [3.05, 3.63) is 64.7 Å². The number of aryl methyl sites for hydroxylation is 1. The predicted octanol–water partition coefficient (Wildman–Crippen LogP) is 4.13. The van der Waals surface area contributed by atoms with Crippen LogP contribution >= 0.6 is 11.6 Å². The molecule has 0 fully saturated rings. The van der Waals surface area contributed by atoms with E-state index in [2.05, 4.69) is 19.1 Å². The van der Waals surface area contributed by atoms with Gasteiger partial charge in [-0.2, -0.15) is 0 Å². The number of carboxylic acid groups (broad SMARTS) is 1. The number of rotatable bonds is 6. The number of anilines is 1. The minimum absolute atomic E-state index is 0.0805. The van der Waals surface area contributed by atoms with Crippen LogP contribution in [0, 0.1) is 6.92 Å². The highest BCUT2D eigenvalue weighted by Gasteiger charge is 2.13. The van der Waals surface area contributed by atoms with Gasteiger partial charge in [-0.05, 0) is 30.2 Å². The third-order valence-corrected chi connectivity index (χ3v) is 3.73. The zero-order chi connectivity index (χ0) is 15.2. The Kier molecular flexibility index (Phi) is 5.23. The average molecular weight is 304 g/mol. The van der Waals surface area contributed by atoms with Gasteiger partial charge >= 0.3 is 5.97 Å². The van der Waals surface area contributed by atoms with E-state index in [1.165, 1.54) is 11.1 Å². The Hall–Kier alpha value is -2.00. The molecule has 0 aliphatic heterocycles. The predicted molar refractivity (Wildman–Crippen MR) is 85.9 cm³/mol. The molecule has 21 heavy (non-hydrogen) atoms. The van der Waals surface area contributed by atoms with Gasteiger partial charge in [0.2, 0.25) is 0 Å². The summed E-state index contributed by atoms with van der Waals surface area (Å²) in [6, 6.07) is 15.6. The lowest BCUT2D eigenvalue weighted by atomic mass is 10.1. The first-order valence-corrected chi connectivity index (χ1v) is 7.21. The van der Waals surface area contributed by atoms with Crippen molar-refractivity contribution in [2.75, 3.05) is 11.4 Å². The van der Waals surface area contributed by atoms with Gasteiger partial charge in [-0.15, -0.1) is 0 Å². The number of hydrogen-bond donors (Lipinski definition) is 1. The zero-order valence-electron chi connectivity index (χ0n) is 11.9. The molecule has 1 N–H and O–H groups in total. The van der Waals surface area contributed by atoms with Crippen LogP contribution in [0.5, 0.6) is 0 Å². The van der Waals surface area contributed by atoms with E-state index in [0.29, 0.717) is 18.1 Å². The van der Waals surface area contributed by atoms with Crippen molar-refractivity contribution in [2.24, 2.45) is 0 Å². The average Bonchev–Trinajstić information content (AvgIpc) is 2.46. The molecule has 0 radical (unpaired) electrons. The monoisotopic (exact) mass is 303 g/mol. The fourth-order valence-corrected chi connectivity index (χ4v) is 2.47. The van der Waals surface area contributed by atoms with Gasteiger partial charge in [-0.1, -0.05) is 48.0 Å². The largest absolute Gasteiger partial charge is 0.481 e. The number of hydrogen-bond acceptors (Lipinski definition) is 2. The minimum atomic E-state index is -0.808. The highest BCUT2D eigenvalue weighted by atomic mass is 35.5. The number of carbonyl (C=O) groups is 1. The van der Waals surface area contributed by atoms with Gasteiger partial charge in [0.05, 0.1) is 17.1 Å². The number of nitrogens with zero attached hydrogens (tertiary/aromatic N) is 1. The third kappa shape index (κ3) is 4.23. The normalized spacial score (nSPS) is 10.4. The summed E-state index contributed by atoms with van der Waals surface area (Å²) in [6.07, 6.45) is 0.0805. The van der Waals surface area contributed by atoms with Gasteiger partial charge < -0.3 is 10.0 Å². The molecule has 0 unspecified atom stereocenters. The molecule has 2 aromatic carbocycles. The Morgan fingerprint density at radius 2 is 1.81 bits per heavy atom. The van der Waals surface area contributed by atoms with Gasteiger partial charge in [-0.3, -0.25) is 4.79 Å². The summed E-state index contributed by atoms with van der Waals surface area (Å²) in [5.41, 5.74) is 3.22. The van der Waals surface area contributed by atoms with Gasteiger partial charge in [-0.25, -0.2) is 0 Å². The lowest BCUT2D eigenvalue weighted by Crippen LogP contribution is -2.26. The molecule has 110 valence electrons. The summed E-state index contributed by atoms with van der Waals surface area (Å²) in [4.78, 5) is 12.9. The van der Waals surface area contributed by atoms with Crippen LogP contribution in [0.25, 0.3) is 0 Å². The molecule has 0 amide bonds. The van der Waals surface area contributed by atoms with Crippen molar-refractivity contribution in [3.8, 4) is 0 Å². The molecule has 4 heteroatoms. The van der Waals surface area contributed by atoms with Crippen molar-refractivity contribution >= 4 is 23.3 Å². The number of aliphatic carboxylic acids is 1. The minimum Gasteiger partial charge on any atom is -0.481 e. The molecule has 0 saturated carbocycles. The molecule has 0 aliphatic carbocycles. The number of carboxylic acids is 1. The summed E-state index contributed by atoms with van der Waals surface area (Å²) in [6.45, 7) is 3.12. The van der Waals surface area contributed by atoms with Gasteiger partial charge in [0.15, 0.2) is 0 Å². The second-order valence-corrected chi connectivity index (χ2v) is 5.35. The molecule has 0 bridgehead atoms. The van der Waals surface area contributed by atoms with Crippen molar-refractivity contribution in [2.45, 2.75) is 19.9 Å². The van der Waals surface area contributed by atoms with Gasteiger partial charge in [0.25, 0.3) is 0 Å². The zero-order valence-corrected chi connectivity index (χ0v) is 12.7. The fourth-order valence-electron chi connectivity index (χ4n) is 2.22. The van der Waals surface area contributed by atoms with E-state index in [1.807, 2.05) is 41.3 Å². The van der Waals surface area contributed by atoms with Crippen LogP contribution in [0.4, 0.5) is 5.69 Å². The molecular weight excluding hydrogens is 286 g/mol. The summed E-state index contributed by atoms with van der Waals surface area (Å²) in [7, 11) is 0. The molecule has 0 saturated heterocycles. The van der Waals surface area contributed by atoms with Crippen LogP contribution in [-0.2, 0) is 11.3 Å². The first kappa shape index (κ1) is 15.4. The highest BCUT2D eigenvalue weighted by molar-refractivity contribution is 6.33. The summed E-state index contributed by atoms with van der Waals surface area (Å²) in [5, 5.41) is 9.58. The summed E-state index contributed by atoms with van der Waals surface area (Å²) < 4.78 is 0. The maximum atomic E-state index is 10.9. The van der Waals surface area contributed by atoms with Crippen LogP contribution in [0.3, 0.4) is 0 Å². The van der Waals surface area contributed by atoms with E-state index < -0.39 is 5.97 Å². The Balaban J connectivity index is 2.26. The van der Waals surface area contributed by atoms with Crippen molar-refractivity contribution in [1.29, 1.82) is 0 Å². The maximum Gasteiger partial charge on any atom is 0.305 e. The Bertz CT molecular complexity index is 628. The Morgan fingerprint density at radius 3 is 2.48 bits per heavy atom. The fraction of sp³-hybridized carbons (Fsp3) is 0.235. The molecular formula is C17H18ClNO2. The molecule has 0 aliphatic rings. The van der Waals surface area contributed by atoms with E-state index in [1.54, 1.807) is 0 Å². The quantitative estimate of drug-likeness (QED) is 0.872. The lowest BCUT2D eigenvalue weighted by molar-refractivity contribution is -0.136. The van der Waals surface area contributed by atoms with Crippen molar-refractivity contribution in [1.82, 2.24) is 0 Å². The molecule has 0 heterocycles. The third-order valence-electron chi connectivity index (χ3n) is 3.41. The van der Waals surface area contributed by atoms with Crippen LogP contribution in [0.1, 0.15) is 17.5 Å². The van der Waals surface area contributed by atoms with Crippen LogP contribution in [0.2, 0.25) is 5.02 Å². The molecule has 3 nitrogen and oxygen atoms in total. The lowest BCUT2D eigenvalue weighted by Gasteiger charge is -2.26. The topological polar surface area (TPSA) is 40.5 Å². The number of halogens is 1. The Morgan fingerprint density at radius 1 is 1.14 bits per heavy atom. The summed E-state index contributed by atoms with van der Waals surface area (Å²) in [5.74, 6) is -0.808. The van der Waals surface area contributed by atoms with E-state index >= 15 is 0 Å². The summed E-state index contributed by atoms with van der Waals surface area (Å²) >= 11 is 6.25. The van der Waals surface area contributed by atoms with Crippen molar-refractivity contribution in [3.63, 3.8) is 0 Å². The SMILES string of the molecule is Cc1ccccc1CN(CCC(=O)O)c1ccccc1Cl. The molecule has 2 rings (SSSR count). The maximum absolute atomic E-state index is 10.9. The first-order valence-electron chi connectivity index (χ1n) is 6.83. The van der Waals surface area contributed by atoms with E-state index in [-0.39, 0.29) is 6.42 Å². The standard InChI is InChI=1S/C17H18ClNO2/c1-13-6-2-3-7-14(13)12-19(11-10-17(20)21)16-9-5-4-8-15(16)18/h2-9H,10-12H2,1H3,(H,20,21). The van der Waals surface area contributed by atoms with Crippen LogP contribution in [-0.4, -0.2) is 17.6 Å². The Labute approximate surface area is 129 Å². The van der Waals surface area contributed by atoms with Crippen molar-refractivity contribution < 1.29 is 9.90 Å². The number of para-hydroxylation sites is 1. The van der Waals surface area contributed by atoms with E-state index in [9.17, 15) is 4.79 Å². The van der Waals surface area contributed by atoms with Crippen LogP contribution < -0.4 is 4.90 Å². The highest BCUT2D eigenvalue weighted by Crippen LogP contribution is 2.27. The smallest absolute Gasteiger partial charge is 0.305 e. The molecule has 0 aromatic heterocycles. The second-order valence-electron chi connectivity index (χ2n) is 4.94. The van der Waals surface area contributed by atoms with Crippen LogP contribution in [0.15, 0.2) is 48.5 Å². The molecule has 2 aromatic rings. The van der Waals surface area contributed by atoms with E-state index in [0.717, 1.165) is 5.69 Å². The number of benzene rings is 2. The second kappa shape index (κ2) is 7.14. The van der Waals surface area contributed by atoms with Gasteiger partial charge in [0.1, 0.15) is 0 Å². The molecule has 0 spiro atoms. The van der Waals surface area contributed by atoms with E-state index in [4.69, 9.17) is 16.7 Å². The first-order chi connectivity index (χ1) is 10.1. The van der Waals surface area contributed by atoms with Gasteiger partial charge in [0, 0.05) is 13.1 Å². The molecule has 0 atom stereocenters.